The van der Waals surface area contributed by atoms with E-state index < -0.39 is 18.0 Å². The van der Waals surface area contributed by atoms with Crippen molar-refractivity contribution in [1.82, 2.24) is 0 Å². The van der Waals surface area contributed by atoms with Gasteiger partial charge in [0, 0.05) is 12.8 Å². The van der Waals surface area contributed by atoms with Gasteiger partial charge in [-0.25, -0.2) is 0 Å². The lowest BCUT2D eigenvalue weighted by Gasteiger charge is -1.92. The monoisotopic (exact) mass is 250 g/mol. The Hall–Kier alpha value is -1.40. The summed E-state index contributed by atoms with van der Waals surface area (Å²) in [5.74, 6) is -1.74. The Morgan fingerprint density at radius 2 is 1.29 bits per heavy atom. The van der Waals surface area contributed by atoms with Crippen molar-refractivity contribution >= 4 is 11.9 Å². The van der Waals surface area contributed by atoms with Gasteiger partial charge in [-0.3, -0.25) is 9.59 Å². The van der Waals surface area contributed by atoms with Gasteiger partial charge in [0.2, 0.25) is 0 Å². The molecule has 102 valence electrons. The molecule has 1 atom stereocenters. The van der Waals surface area contributed by atoms with Crippen LogP contribution in [0.3, 0.4) is 0 Å². The predicted molar refractivity (Wildman–Crippen MR) is 63.8 cm³/mol. The van der Waals surface area contributed by atoms with Crippen molar-refractivity contribution in [3.05, 3.63) is 13.2 Å². The SMILES string of the molecule is C=C.CC(O)CO.O=C(O)CCCCC(=O)O. The number of carbonyl (C=O) groups is 2. The number of aliphatic hydroxyl groups excluding tert-OH is 2. The van der Waals surface area contributed by atoms with Crippen LogP contribution in [0.5, 0.6) is 0 Å². The van der Waals surface area contributed by atoms with E-state index in [1.165, 1.54) is 6.92 Å². The first-order chi connectivity index (χ1) is 7.90. The molecule has 0 fully saturated rings. The van der Waals surface area contributed by atoms with Crippen LogP contribution in [-0.2, 0) is 9.59 Å². The summed E-state index contributed by atoms with van der Waals surface area (Å²) in [5.41, 5.74) is 0. The van der Waals surface area contributed by atoms with Crippen molar-refractivity contribution in [2.45, 2.75) is 38.7 Å². The van der Waals surface area contributed by atoms with Gasteiger partial charge in [-0.1, -0.05) is 0 Å². The van der Waals surface area contributed by atoms with Crippen molar-refractivity contribution in [2.24, 2.45) is 0 Å². The van der Waals surface area contributed by atoms with Gasteiger partial charge in [0.15, 0.2) is 0 Å². The quantitative estimate of drug-likeness (QED) is 0.411. The van der Waals surface area contributed by atoms with Crippen LogP contribution < -0.4 is 0 Å². The molecule has 4 N–H and O–H groups in total. The summed E-state index contributed by atoms with van der Waals surface area (Å²) < 4.78 is 0. The highest BCUT2D eigenvalue weighted by atomic mass is 16.4. The molecule has 1 unspecified atom stereocenters. The van der Waals surface area contributed by atoms with Gasteiger partial charge >= 0.3 is 11.9 Å². The first-order valence-electron chi connectivity index (χ1n) is 5.12. The summed E-state index contributed by atoms with van der Waals surface area (Å²) >= 11 is 0. The van der Waals surface area contributed by atoms with Crippen LogP contribution in [0.4, 0.5) is 0 Å². The van der Waals surface area contributed by atoms with E-state index in [4.69, 9.17) is 20.4 Å². The normalized spacial score (nSPS) is 10.1. The van der Waals surface area contributed by atoms with E-state index in [2.05, 4.69) is 13.2 Å². The molecule has 6 heteroatoms. The van der Waals surface area contributed by atoms with Crippen LogP contribution >= 0.6 is 0 Å². The highest BCUT2D eigenvalue weighted by Gasteiger charge is 1.99. The second-order valence-corrected chi connectivity index (χ2v) is 3.03. The van der Waals surface area contributed by atoms with Crippen LogP contribution in [0, 0.1) is 0 Å². The molecule has 0 radical (unpaired) electrons. The minimum absolute atomic E-state index is 0.0628. The van der Waals surface area contributed by atoms with Crippen LogP contribution in [0.25, 0.3) is 0 Å². The number of aliphatic carboxylic acids is 2. The van der Waals surface area contributed by atoms with Gasteiger partial charge in [0.25, 0.3) is 0 Å². The van der Waals surface area contributed by atoms with E-state index in [0.29, 0.717) is 12.8 Å². The molecule has 0 aliphatic heterocycles. The molecule has 0 amide bonds. The largest absolute Gasteiger partial charge is 0.481 e. The number of aliphatic hydroxyl groups is 2. The molecule has 0 saturated heterocycles. The summed E-state index contributed by atoms with van der Waals surface area (Å²) in [6.07, 6.45) is 0.457. The third-order valence-electron chi connectivity index (χ3n) is 1.30. The molecule has 0 saturated carbocycles. The maximum absolute atomic E-state index is 9.90. The minimum Gasteiger partial charge on any atom is -0.481 e. The van der Waals surface area contributed by atoms with Gasteiger partial charge in [-0.05, 0) is 19.8 Å². The lowest BCUT2D eigenvalue weighted by molar-refractivity contribution is -0.139. The molecule has 0 aromatic rings. The Morgan fingerprint density at radius 1 is 1.06 bits per heavy atom. The Morgan fingerprint density at radius 3 is 1.41 bits per heavy atom. The highest BCUT2D eigenvalue weighted by molar-refractivity contribution is 5.67. The van der Waals surface area contributed by atoms with Gasteiger partial charge in [-0.15, -0.1) is 13.2 Å². The average Bonchev–Trinajstić information content (AvgIpc) is 2.27. The van der Waals surface area contributed by atoms with Crippen LogP contribution in [-0.4, -0.2) is 45.1 Å². The minimum atomic E-state index is -0.870. The second-order valence-electron chi connectivity index (χ2n) is 3.03. The summed E-state index contributed by atoms with van der Waals surface area (Å²) in [6.45, 7) is 7.39. The molecule has 0 heterocycles. The van der Waals surface area contributed by atoms with E-state index in [1.807, 2.05) is 0 Å². The zero-order chi connectivity index (χ0) is 14.3. The number of unbranched alkanes of at least 4 members (excludes halogenated alkanes) is 1. The van der Waals surface area contributed by atoms with E-state index in [9.17, 15) is 9.59 Å². The molecular formula is C11H22O6. The maximum atomic E-state index is 9.90. The first kappa shape index (κ1) is 20.9. The number of hydrogen-bond acceptors (Lipinski definition) is 4. The molecule has 0 aliphatic rings. The molecule has 6 nitrogen and oxygen atoms in total. The van der Waals surface area contributed by atoms with Gasteiger partial charge in [0.05, 0.1) is 12.7 Å². The van der Waals surface area contributed by atoms with E-state index >= 15 is 0 Å². The number of carboxylic acids is 2. The number of hydrogen-bond donors (Lipinski definition) is 4. The maximum Gasteiger partial charge on any atom is 0.303 e. The van der Waals surface area contributed by atoms with E-state index in [-0.39, 0.29) is 19.4 Å². The average molecular weight is 250 g/mol. The van der Waals surface area contributed by atoms with Crippen LogP contribution in [0.15, 0.2) is 13.2 Å². The van der Waals surface area contributed by atoms with Gasteiger partial charge in [0.1, 0.15) is 0 Å². The molecule has 17 heavy (non-hydrogen) atoms. The molecule has 0 aromatic heterocycles. The van der Waals surface area contributed by atoms with E-state index in [1.54, 1.807) is 0 Å². The van der Waals surface area contributed by atoms with Gasteiger partial charge in [-0.2, -0.15) is 0 Å². The van der Waals surface area contributed by atoms with Crippen molar-refractivity contribution in [3.63, 3.8) is 0 Å². The lowest BCUT2D eigenvalue weighted by atomic mass is 10.2. The molecule has 0 aromatic carbocycles. The third-order valence-corrected chi connectivity index (χ3v) is 1.30. The molecule has 0 aliphatic carbocycles. The zero-order valence-electron chi connectivity index (χ0n) is 10.1. The molecule has 0 spiro atoms. The summed E-state index contributed by atoms with van der Waals surface area (Å²) in [4.78, 5) is 19.8. The summed E-state index contributed by atoms with van der Waals surface area (Å²) in [5, 5.41) is 32.3. The van der Waals surface area contributed by atoms with Crippen molar-refractivity contribution in [3.8, 4) is 0 Å². The zero-order valence-corrected chi connectivity index (χ0v) is 10.1. The van der Waals surface area contributed by atoms with Crippen LogP contribution in [0.2, 0.25) is 0 Å². The third kappa shape index (κ3) is 40.1. The highest BCUT2D eigenvalue weighted by Crippen LogP contribution is 1.98. The second kappa shape index (κ2) is 17.0. The first-order valence-corrected chi connectivity index (χ1v) is 5.12. The smallest absolute Gasteiger partial charge is 0.303 e. The Bertz CT molecular complexity index is 174. The fourth-order valence-electron chi connectivity index (χ4n) is 0.552. The molecular weight excluding hydrogens is 228 g/mol. The fraction of sp³-hybridized carbons (Fsp3) is 0.636. The van der Waals surface area contributed by atoms with Crippen molar-refractivity contribution in [2.75, 3.05) is 6.61 Å². The van der Waals surface area contributed by atoms with Crippen molar-refractivity contribution < 1.29 is 30.0 Å². The van der Waals surface area contributed by atoms with E-state index in [0.717, 1.165) is 0 Å². The topological polar surface area (TPSA) is 115 Å². The molecule has 0 rings (SSSR count). The fourth-order valence-corrected chi connectivity index (χ4v) is 0.552. The van der Waals surface area contributed by atoms with Crippen LogP contribution in [0.1, 0.15) is 32.6 Å². The standard InChI is InChI=1S/C6H10O4.C3H8O2.C2H4/c7-5(8)3-1-2-4-6(9)10;1-3(5)2-4;1-2/h1-4H2,(H,7,8)(H,9,10);3-5H,2H2,1H3;1-2H2. The number of carboxylic acid groups (broad SMARTS) is 2. The van der Waals surface area contributed by atoms with Gasteiger partial charge < -0.3 is 20.4 Å². The predicted octanol–water partition coefficient (Wildman–Crippen LogP) is 0.878. The molecule has 0 bridgehead atoms. The number of rotatable bonds is 6. The summed E-state index contributed by atoms with van der Waals surface area (Å²) in [6, 6.07) is 0. The summed E-state index contributed by atoms with van der Waals surface area (Å²) in [7, 11) is 0. The Balaban J connectivity index is -0.000000236. The van der Waals surface area contributed by atoms with Crippen molar-refractivity contribution in [1.29, 1.82) is 0 Å². The Labute approximate surface area is 101 Å². The Kier molecular flexibility index (Phi) is 21.0. The lowest BCUT2D eigenvalue weighted by Crippen LogP contribution is -2.03.